The van der Waals surface area contributed by atoms with Crippen LogP contribution in [-0.2, 0) is 0 Å². The van der Waals surface area contributed by atoms with Gasteiger partial charge in [0.25, 0.3) is 0 Å². The van der Waals surface area contributed by atoms with Gasteiger partial charge in [-0.3, -0.25) is 0 Å². The third-order valence-corrected chi connectivity index (χ3v) is 4.93. The third-order valence-electron chi connectivity index (χ3n) is 4.06. The molecule has 1 saturated heterocycles. The van der Waals surface area contributed by atoms with Crippen molar-refractivity contribution in [2.24, 2.45) is 5.41 Å². The summed E-state index contributed by atoms with van der Waals surface area (Å²) < 4.78 is 2.07. The van der Waals surface area contributed by atoms with Crippen LogP contribution < -0.4 is 0 Å². The average Bonchev–Trinajstić information content (AvgIpc) is 2.59. The SMILES string of the molecule is C=C(Br)C1=C(C(=C)Br)C2(CCC1)CCN(C)C2. The molecule has 2 rings (SSSR count). The van der Waals surface area contributed by atoms with Crippen molar-refractivity contribution < 1.29 is 0 Å². The van der Waals surface area contributed by atoms with Crippen molar-refractivity contribution in [3.8, 4) is 0 Å². The van der Waals surface area contributed by atoms with Crippen LogP contribution in [0.4, 0.5) is 0 Å². The highest BCUT2D eigenvalue weighted by atomic mass is 79.9. The lowest BCUT2D eigenvalue weighted by atomic mass is 9.69. The second kappa shape index (κ2) is 5.02. The van der Waals surface area contributed by atoms with Gasteiger partial charge in [0, 0.05) is 20.9 Å². The van der Waals surface area contributed by atoms with E-state index in [0.29, 0.717) is 5.41 Å². The summed E-state index contributed by atoms with van der Waals surface area (Å²) in [5.41, 5.74) is 3.09. The number of allylic oxidation sites excluding steroid dienone is 3. The van der Waals surface area contributed by atoms with E-state index in [0.717, 1.165) is 21.9 Å². The summed E-state index contributed by atoms with van der Waals surface area (Å²) in [6, 6.07) is 0. The van der Waals surface area contributed by atoms with E-state index >= 15 is 0 Å². The summed E-state index contributed by atoms with van der Waals surface area (Å²) >= 11 is 7.18. The molecule has 3 heteroatoms. The van der Waals surface area contributed by atoms with Crippen molar-refractivity contribution in [3.05, 3.63) is 33.3 Å². The standard InChI is InChI=1S/C14H19Br2N/c1-10(15)12-5-4-6-14(13(12)11(2)16)7-8-17(3)9-14/h1-2,4-9H2,3H3. The number of rotatable bonds is 2. The van der Waals surface area contributed by atoms with Crippen molar-refractivity contribution in [3.63, 3.8) is 0 Å². The van der Waals surface area contributed by atoms with Crippen molar-refractivity contribution >= 4 is 31.9 Å². The van der Waals surface area contributed by atoms with E-state index in [2.05, 4.69) is 57.0 Å². The minimum absolute atomic E-state index is 0.305. The van der Waals surface area contributed by atoms with Crippen molar-refractivity contribution in [2.45, 2.75) is 25.7 Å². The molecule has 0 aromatic rings. The van der Waals surface area contributed by atoms with Gasteiger partial charge in [-0.15, -0.1) is 0 Å². The van der Waals surface area contributed by atoms with Crippen molar-refractivity contribution in [2.75, 3.05) is 20.1 Å². The second-order valence-corrected chi connectivity index (χ2v) is 7.20. The molecule has 17 heavy (non-hydrogen) atoms. The third kappa shape index (κ3) is 2.47. The Hall–Kier alpha value is 0.140. The topological polar surface area (TPSA) is 3.24 Å². The fourth-order valence-electron chi connectivity index (χ4n) is 3.38. The van der Waals surface area contributed by atoms with Crippen molar-refractivity contribution in [1.82, 2.24) is 4.90 Å². The summed E-state index contributed by atoms with van der Waals surface area (Å²) in [5.74, 6) is 0. The fourth-order valence-corrected chi connectivity index (χ4v) is 4.44. The molecule has 1 aliphatic carbocycles. The lowest BCUT2D eigenvalue weighted by molar-refractivity contribution is 0.296. The molecule has 1 nitrogen and oxygen atoms in total. The zero-order valence-corrected chi connectivity index (χ0v) is 13.5. The molecule has 1 heterocycles. The predicted octanol–water partition coefficient (Wildman–Crippen LogP) is 4.61. The highest BCUT2D eigenvalue weighted by Crippen LogP contribution is 2.52. The van der Waals surface area contributed by atoms with Gasteiger partial charge in [-0.2, -0.15) is 0 Å². The molecule has 0 saturated carbocycles. The molecule has 1 spiro atoms. The molecule has 1 atom stereocenters. The molecular formula is C14H19Br2N. The Bertz CT molecular complexity index is 397. The van der Waals surface area contributed by atoms with E-state index in [1.807, 2.05) is 0 Å². The number of hydrogen-bond donors (Lipinski definition) is 0. The van der Waals surface area contributed by atoms with Crippen molar-refractivity contribution in [1.29, 1.82) is 0 Å². The summed E-state index contributed by atoms with van der Waals surface area (Å²) in [7, 11) is 2.21. The summed E-state index contributed by atoms with van der Waals surface area (Å²) in [5, 5.41) is 0. The van der Waals surface area contributed by atoms with Crippen LogP contribution in [0.15, 0.2) is 33.3 Å². The Labute approximate surface area is 121 Å². The van der Waals surface area contributed by atoms with Crippen LogP contribution in [0.25, 0.3) is 0 Å². The van der Waals surface area contributed by atoms with Crippen LogP contribution in [0, 0.1) is 5.41 Å². The molecule has 1 aliphatic heterocycles. The normalized spacial score (nSPS) is 30.1. The molecule has 0 N–H and O–H groups in total. The van der Waals surface area contributed by atoms with E-state index in [1.165, 1.54) is 37.0 Å². The first kappa shape index (κ1) is 13.6. The number of halogens is 2. The smallest absolute Gasteiger partial charge is 0.0144 e. The molecule has 0 bridgehead atoms. The maximum absolute atomic E-state index is 4.13. The van der Waals surface area contributed by atoms with Crippen LogP contribution in [0.5, 0.6) is 0 Å². The maximum atomic E-state index is 4.13. The Kier molecular flexibility index (Phi) is 4.01. The van der Waals surface area contributed by atoms with Crippen LogP contribution in [-0.4, -0.2) is 25.0 Å². The van der Waals surface area contributed by atoms with Gasteiger partial charge in [-0.1, -0.05) is 45.0 Å². The summed E-state index contributed by atoms with van der Waals surface area (Å²) in [6.45, 7) is 10.5. The van der Waals surface area contributed by atoms with Gasteiger partial charge in [-0.05, 0) is 50.4 Å². The fraction of sp³-hybridized carbons (Fsp3) is 0.571. The highest BCUT2D eigenvalue weighted by molar-refractivity contribution is 9.12. The highest BCUT2D eigenvalue weighted by Gasteiger charge is 2.43. The van der Waals surface area contributed by atoms with E-state index in [4.69, 9.17) is 0 Å². The monoisotopic (exact) mass is 359 g/mol. The van der Waals surface area contributed by atoms with Gasteiger partial charge < -0.3 is 4.90 Å². The minimum atomic E-state index is 0.305. The largest absolute Gasteiger partial charge is 0.305 e. The van der Waals surface area contributed by atoms with Gasteiger partial charge in [-0.25, -0.2) is 0 Å². The lowest BCUT2D eigenvalue weighted by Gasteiger charge is -2.38. The zero-order valence-electron chi connectivity index (χ0n) is 10.4. The van der Waals surface area contributed by atoms with Crippen LogP contribution in [0.3, 0.4) is 0 Å². The van der Waals surface area contributed by atoms with E-state index < -0.39 is 0 Å². The molecule has 0 aromatic carbocycles. The van der Waals surface area contributed by atoms with Gasteiger partial charge in [0.05, 0.1) is 0 Å². The quantitative estimate of drug-likeness (QED) is 0.695. The van der Waals surface area contributed by atoms with Gasteiger partial charge in [0.1, 0.15) is 0 Å². The number of nitrogens with zero attached hydrogens (tertiary/aromatic N) is 1. The minimum Gasteiger partial charge on any atom is -0.305 e. The molecule has 0 radical (unpaired) electrons. The van der Waals surface area contributed by atoms with E-state index in [1.54, 1.807) is 0 Å². The predicted molar refractivity (Wildman–Crippen MR) is 81.6 cm³/mol. The Balaban J connectivity index is 2.49. The molecule has 0 aromatic heterocycles. The van der Waals surface area contributed by atoms with Gasteiger partial charge in [0.2, 0.25) is 0 Å². The Morgan fingerprint density at radius 2 is 1.94 bits per heavy atom. The lowest BCUT2D eigenvalue weighted by Crippen LogP contribution is -2.31. The first-order valence-electron chi connectivity index (χ1n) is 6.08. The van der Waals surface area contributed by atoms with E-state index in [9.17, 15) is 0 Å². The molecule has 1 fully saturated rings. The molecule has 2 aliphatic rings. The Morgan fingerprint density at radius 3 is 2.41 bits per heavy atom. The van der Waals surface area contributed by atoms with Crippen LogP contribution >= 0.6 is 31.9 Å². The average molecular weight is 361 g/mol. The molecule has 0 amide bonds. The molecular weight excluding hydrogens is 342 g/mol. The Morgan fingerprint density at radius 1 is 1.24 bits per heavy atom. The number of likely N-dealkylation sites (tertiary alicyclic amines) is 1. The maximum Gasteiger partial charge on any atom is 0.0144 e. The van der Waals surface area contributed by atoms with Crippen LogP contribution in [0.2, 0.25) is 0 Å². The summed E-state index contributed by atoms with van der Waals surface area (Å²) in [4.78, 5) is 2.43. The van der Waals surface area contributed by atoms with Crippen LogP contribution in [0.1, 0.15) is 25.7 Å². The van der Waals surface area contributed by atoms with E-state index in [-0.39, 0.29) is 0 Å². The van der Waals surface area contributed by atoms with Gasteiger partial charge in [0.15, 0.2) is 0 Å². The first-order valence-corrected chi connectivity index (χ1v) is 7.66. The molecule has 1 unspecified atom stereocenters. The first-order chi connectivity index (χ1) is 7.96. The second-order valence-electron chi connectivity index (χ2n) is 5.29. The summed E-state index contributed by atoms with van der Waals surface area (Å²) in [6.07, 6.45) is 4.90. The number of hydrogen-bond acceptors (Lipinski definition) is 1. The molecule has 94 valence electrons. The zero-order chi connectivity index (χ0) is 12.6. The van der Waals surface area contributed by atoms with Gasteiger partial charge >= 0.3 is 0 Å².